The minimum atomic E-state index is 0.954. The van der Waals surface area contributed by atoms with Crippen molar-refractivity contribution in [2.24, 2.45) is 0 Å². The van der Waals surface area contributed by atoms with E-state index in [2.05, 4.69) is 194 Å². The second kappa shape index (κ2) is 12.5. The van der Waals surface area contributed by atoms with E-state index >= 15 is 0 Å². The first-order chi connectivity index (χ1) is 25.8. The van der Waals surface area contributed by atoms with Crippen molar-refractivity contribution in [3.8, 4) is 55.9 Å². The molecule has 242 valence electrons. The molecule has 2 aromatic heterocycles. The number of rotatable bonds is 5. The van der Waals surface area contributed by atoms with Gasteiger partial charge in [-0.3, -0.25) is 0 Å². The third-order valence-electron chi connectivity index (χ3n) is 10.2. The Labute approximate surface area is 302 Å². The normalized spacial score (nSPS) is 11.5. The third kappa shape index (κ3) is 5.21. The van der Waals surface area contributed by atoms with Gasteiger partial charge in [0.2, 0.25) is 0 Å². The highest BCUT2D eigenvalue weighted by molar-refractivity contribution is 6.12. The van der Waals surface area contributed by atoms with Crippen LogP contribution in [0.1, 0.15) is 0 Å². The highest BCUT2D eigenvalue weighted by Gasteiger charge is 2.15. The zero-order chi connectivity index (χ0) is 34.4. The molecule has 2 nitrogen and oxygen atoms in total. The predicted molar refractivity (Wildman–Crippen MR) is 219 cm³/mol. The average molecular weight is 661 g/mol. The van der Waals surface area contributed by atoms with Crippen LogP contribution < -0.4 is 0 Å². The Kier molecular flexibility index (Phi) is 7.18. The van der Waals surface area contributed by atoms with Gasteiger partial charge in [0.25, 0.3) is 0 Å². The Bertz CT molecular complexity index is 2740. The molecule has 10 rings (SSSR count). The van der Waals surface area contributed by atoms with Crippen molar-refractivity contribution in [1.82, 2.24) is 9.97 Å². The van der Waals surface area contributed by atoms with Crippen molar-refractivity contribution < 1.29 is 0 Å². The van der Waals surface area contributed by atoms with Gasteiger partial charge >= 0.3 is 0 Å². The summed E-state index contributed by atoms with van der Waals surface area (Å²) in [6.45, 7) is 0. The fraction of sp³-hybridized carbons (Fsp3) is 0. The van der Waals surface area contributed by atoms with Gasteiger partial charge in [-0.05, 0) is 80.2 Å². The van der Waals surface area contributed by atoms with Crippen LogP contribution in [0, 0.1) is 0 Å². The molecule has 0 atom stereocenters. The molecule has 0 aliphatic carbocycles. The summed E-state index contributed by atoms with van der Waals surface area (Å²) < 4.78 is 0. The number of nitrogens with zero attached hydrogens (tertiary/aromatic N) is 2. The summed E-state index contributed by atoms with van der Waals surface area (Å²) in [5, 5.41) is 7.13. The molecule has 2 heterocycles. The van der Waals surface area contributed by atoms with Gasteiger partial charge in [0.1, 0.15) is 0 Å². The highest BCUT2D eigenvalue weighted by Crippen LogP contribution is 2.39. The Morgan fingerprint density at radius 3 is 1.10 bits per heavy atom. The van der Waals surface area contributed by atoms with E-state index < -0.39 is 0 Å². The second-order valence-electron chi connectivity index (χ2n) is 13.4. The van der Waals surface area contributed by atoms with E-state index in [0.29, 0.717) is 0 Å². The molecule has 52 heavy (non-hydrogen) atoms. The monoisotopic (exact) mass is 660 g/mol. The number of aromatic nitrogens is 2. The van der Waals surface area contributed by atoms with Crippen molar-refractivity contribution in [2.75, 3.05) is 0 Å². The maximum absolute atomic E-state index is 5.35. The van der Waals surface area contributed by atoms with Crippen LogP contribution in [0.5, 0.6) is 0 Å². The van der Waals surface area contributed by atoms with Gasteiger partial charge in [-0.2, -0.15) is 0 Å². The zero-order valence-electron chi connectivity index (χ0n) is 28.4. The molecule has 10 aromatic rings. The lowest BCUT2D eigenvalue weighted by molar-refractivity contribution is 1.40. The zero-order valence-corrected chi connectivity index (χ0v) is 28.4. The summed E-state index contributed by atoms with van der Waals surface area (Å²) >= 11 is 0. The lowest BCUT2D eigenvalue weighted by atomic mass is 9.94. The molecule has 2 heteroatoms. The average Bonchev–Trinajstić information content (AvgIpc) is 3.22. The van der Waals surface area contributed by atoms with E-state index in [1.165, 1.54) is 43.8 Å². The summed E-state index contributed by atoms with van der Waals surface area (Å²) in [6.07, 6.45) is 0. The molecule has 0 unspecified atom stereocenters. The molecule has 0 spiro atoms. The maximum atomic E-state index is 5.35. The van der Waals surface area contributed by atoms with Crippen LogP contribution in [0.3, 0.4) is 0 Å². The van der Waals surface area contributed by atoms with Gasteiger partial charge in [-0.25, -0.2) is 9.97 Å². The van der Waals surface area contributed by atoms with E-state index in [-0.39, 0.29) is 0 Å². The standard InChI is InChI=1S/C50H32N2/c1-3-13-33(14-4-1)47-43-23-9-7-17-37(43)31-41-25-27-45(51-49(41)47)39-21-11-19-35(29-39)36-20-12-22-40(30-36)46-28-26-42-32-38-18-8-10-24-44(38)48(50(42)52-46)34-15-5-2-6-16-34/h1-32H. The SMILES string of the molecule is c1ccc(-c2c3ccccc3cc3ccc(-c4cccc(-c5cccc(-c6ccc7cc8ccccc8c(-c8ccccc8)c7n6)c5)c4)nc23)cc1. The number of pyridine rings is 2. The summed E-state index contributed by atoms with van der Waals surface area (Å²) in [5.74, 6) is 0. The fourth-order valence-electron chi connectivity index (χ4n) is 7.70. The van der Waals surface area contributed by atoms with Crippen LogP contribution in [0.2, 0.25) is 0 Å². The molecule has 8 aromatic carbocycles. The van der Waals surface area contributed by atoms with Gasteiger partial charge in [-0.1, -0.05) is 158 Å². The van der Waals surface area contributed by atoms with Crippen molar-refractivity contribution in [2.45, 2.75) is 0 Å². The minimum Gasteiger partial charge on any atom is -0.247 e. The molecule has 0 N–H and O–H groups in total. The predicted octanol–water partition coefficient (Wildman–Crippen LogP) is 13.4. The molecule has 0 aliphatic heterocycles. The Morgan fingerprint density at radius 1 is 0.250 bits per heavy atom. The smallest absolute Gasteiger partial charge is 0.0794 e. The minimum absolute atomic E-state index is 0.954. The van der Waals surface area contributed by atoms with Crippen LogP contribution in [-0.2, 0) is 0 Å². The molecule has 0 radical (unpaired) electrons. The molecule has 0 amide bonds. The van der Waals surface area contributed by atoms with Crippen molar-refractivity contribution >= 4 is 43.4 Å². The van der Waals surface area contributed by atoms with Crippen LogP contribution >= 0.6 is 0 Å². The van der Waals surface area contributed by atoms with E-state index in [0.717, 1.165) is 55.4 Å². The maximum Gasteiger partial charge on any atom is 0.0794 e. The van der Waals surface area contributed by atoms with E-state index in [1.54, 1.807) is 0 Å². The van der Waals surface area contributed by atoms with Gasteiger partial charge in [0, 0.05) is 33.0 Å². The molecule has 0 fully saturated rings. The topological polar surface area (TPSA) is 25.8 Å². The Hall–Kier alpha value is -6.90. The number of hydrogen-bond donors (Lipinski definition) is 0. The van der Waals surface area contributed by atoms with Crippen molar-refractivity contribution in [3.05, 3.63) is 194 Å². The fourth-order valence-corrected chi connectivity index (χ4v) is 7.70. The molecule has 0 saturated heterocycles. The third-order valence-corrected chi connectivity index (χ3v) is 10.2. The molecular formula is C50H32N2. The van der Waals surface area contributed by atoms with Crippen molar-refractivity contribution in [3.63, 3.8) is 0 Å². The Morgan fingerprint density at radius 2 is 0.635 bits per heavy atom. The summed E-state index contributed by atoms with van der Waals surface area (Å²) in [6, 6.07) is 69.1. The van der Waals surface area contributed by atoms with Gasteiger partial charge in [0.05, 0.1) is 22.4 Å². The number of benzene rings is 8. The largest absolute Gasteiger partial charge is 0.247 e. The van der Waals surface area contributed by atoms with Crippen LogP contribution in [0.15, 0.2) is 194 Å². The lowest BCUT2D eigenvalue weighted by Gasteiger charge is -2.14. The first-order valence-electron chi connectivity index (χ1n) is 17.7. The first-order valence-corrected chi connectivity index (χ1v) is 17.7. The van der Waals surface area contributed by atoms with Gasteiger partial charge in [-0.15, -0.1) is 0 Å². The van der Waals surface area contributed by atoms with Crippen LogP contribution in [0.4, 0.5) is 0 Å². The second-order valence-corrected chi connectivity index (χ2v) is 13.4. The van der Waals surface area contributed by atoms with Gasteiger partial charge in [0.15, 0.2) is 0 Å². The molecule has 0 aliphatic rings. The molecular weight excluding hydrogens is 629 g/mol. The lowest BCUT2D eigenvalue weighted by Crippen LogP contribution is -1.92. The Balaban J connectivity index is 1.07. The van der Waals surface area contributed by atoms with E-state index in [4.69, 9.17) is 9.97 Å². The van der Waals surface area contributed by atoms with Gasteiger partial charge < -0.3 is 0 Å². The summed E-state index contributed by atoms with van der Waals surface area (Å²) in [7, 11) is 0. The summed E-state index contributed by atoms with van der Waals surface area (Å²) in [5.41, 5.74) is 13.1. The summed E-state index contributed by atoms with van der Waals surface area (Å²) in [4.78, 5) is 10.7. The molecule has 0 bridgehead atoms. The molecule has 0 saturated carbocycles. The van der Waals surface area contributed by atoms with E-state index in [1.807, 2.05) is 0 Å². The van der Waals surface area contributed by atoms with E-state index in [9.17, 15) is 0 Å². The van der Waals surface area contributed by atoms with Crippen molar-refractivity contribution in [1.29, 1.82) is 0 Å². The number of hydrogen-bond acceptors (Lipinski definition) is 2. The quantitative estimate of drug-likeness (QED) is 0.172. The van der Waals surface area contributed by atoms with Crippen LogP contribution in [-0.4, -0.2) is 9.97 Å². The van der Waals surface area contributed by atoms with Crippen LogP contribution in [0.25, 0.3) is 99.2 Å². The first kappa shape index (κ1) is 30.0. The number of fused-ring (bicyclic) bond motifs is 4. The highest BCUT2D eigenvalue weighted by atomic mass is 14.7.